The smallest absolute Gasteiger partial charge is 0.309 e. The lowest BCUT2D eigenvalue weighted by molar-refractivity contribution is -0.152. The molecule has 6 heteroatoms. The highest BCUT2D eigenvalue weighted by Gasteiger charge is 2.33. The molecule has 0 radical (unpaired) electrons. The maximum Gasteiger partial charge on any atom is 0.309 e. The van der Waals surface area contributed by atoms with Gasteiger partial charge in [0.1, 0.15) is 0 Å². The first-order valence-corrected chi connectivity index (χ1v) is 7.73. The third-order valence-corrected chi connectivity index (χ3v) is 3.81. The second-order valence-corrected chi connectivity index (χ2v) is 6.31. The molecule has 0 spiro atoms. The molecule has 0 aliphatic heterocycles. The molecule has 0 aliphatic rings. The molecule has 0 aliphatic carbocycles. The van der Waals surface area contributed by atoms with Crippen LogP contribution in [0.2, 0.25) is 0 Å². The summed E-state index contributed by atoms with van der Waals surface area (Å²) in [5.41, 5.74) is -0.958. The highest BCUT2D eigenvalue weighted by atomic mass is 16.5. The first-order chi connectivity index (χ1) is 10.2. The van der Waals surface area contributed by atoms with Crippen LogP contribution >= 0.6 is 0 Å². The Bertz CT molecular complexity index is 375. The van der Waals surface area contributed by atoms with Crippen LogP contribution in [-0.2, 0) is 19.1 Å². The summed E-state index contributed by atoms with van der Waals surface area (Å²) >= 11 is 0. The van der Waals surface area contributed by atoms with Crippen LogP contribution < -0.4 is 0 Å². The molecule has 0 heterocycles. The minimum atomic E-state index is -0.958. The molecule has 0 bridgehead atoms. The average molecular weight is 316 g/mol. The minimum absolute atomic E-state index is 0.192. The fraction of sp³-hybridized carbons (Fsp3) is 0.812. The van der Waals surface area contributed by atoms with Crippen LogP contribution in [0.25, 0.3) is 0 Å². The molecule has 128 valence electrons. The summed E-state index contributed by atoms with van der Waals surface area (Å²) in [6.45, 7) is 3.22. The number of unbranched alkanes of at least 4 members (excludes halogenated alkanes) is 4. The highest BCUT2D eigenvalue weighted by Crippen LogP contribution is 2.29. The summed E-state index contributed by atoms with van der Waals surface area (Å²) in [5, 5.41) is 17.7. The number of carboxylic acids is 2. The lowest BCUT2D eigenvalue weighted by Crippen LogP contribution is -2.30. The van der Waals surface area contributed by atoms with E-state index in [1.807, 2.05) is 0 Å². The van der Waals surface area contributed by atoms with E-state index in [9.17, 15) is 14.4 Å². The van der Waals surface area contributed by atoms with Gasteiger partial charge in [0.15, 0.2) is 0 Å². The number of carbonyl (C=O) groups is 3. The van der Waals surface area contributed by atoms with Crippen molar-refractivity contribution in [2.24, 2.45) is 11.3 Å². The van der Waals surface area contributed by atoms with Gasteiger partial charge in [-0.25, -0.2) is 0 Å². The van der Waals surface area contributed by atoms with E-state index in [2.05, 4.69) is 0 Å². The van der Waals surface area contributed by atoms with Gasteiger partial charge < -0.3 is 14.9 Å². The van der Waals surface area contributed by atoms with E-state index in [1.54, 1.807) is 13.8 Å². The van der Waals surface area contributed by atoms with Crippen molar-refractivity contribution >= 4 is 17.9 Å². The Morgan fingerprint density at radius 3 is 2.05 bits per heavy atom. The summed E-state index contributed by atoms with van der Waals surface area (Å²) < 4.78 is 4.76. The van der Waals surface area contributed by atoms with Gasteiger partial charge in [0.2, 0.25) is 0 Å². The molecule has 2 N–H and O–H groups in total. The van der Waals surface area contributed by atoms with Gasteiger partial charge in [-0.1, -0.05) is 25.7 Å². The Morgan fingerprint density at radius 1 is 1.00 bits per heavy atom. The summed E-state index contributed by atoms with van der Waals surface area (Å²) in [7, 11) is 1.31. The van der Waals surface area contributed by atoms with E-state index in [1.165, 1.54) is 7.11 Å². The largest absolute Gasteiger partial charge is 0.481 e. The molecule has 0 aromatic rings. The van der Waals surface area contributed by atoms with Gasteiger partial charge in [0.25, 0.3) is 0 Å². The first kappa shape index (κ1) is 20.4. The zero-order chi connectivity index (χ0) is 17.2. The lowest BCUT2D eigenvalue weighted by atomic mass is 9.81. The maximum atomic E-state index is 11.8. The molecular weight excluding hydrogens is 288 g/mol. The Labute approximate surface area is 131 Å². The lowest BCUT2D eigenvalue weighted by Gasteiger charge is -2.24. The fourth-order valence-corrected chi connectivity index (χ4v) is 2.37. The standard InChI is InChI=1S/C16H28O6/c1-16(2,15(20)21)11-12(14(19)22-3)9-7-5-4-6-8-10-13(17)18/h12H,4-11H2,1-3H3,(H,17,18)(H,20,21). The SMILES string of the molecule is COC(=O)C(CCCCCCCC(=O)O)CC(C)(C)C(=O)O. The Kier molecular flexibility index (Phi) is 9.45. The number of ether oxygens (including phenoxy) is 1. The summed E-state index contributed by atoms with van der Waals surface area (Å²) in [4.78, 5) is 33.3. The van der Waals surface area contributed by atoms with E-state index < -0.39 is 23.3 Å². The van der Waals surface area contributed by atoms with E-state index in [4.69, 9.17) is 14.9 Å². The normalized spacial score (nSPS) is 12.7. The second-order valence-electron chi connectivity index (χ2n) is 6.31. The molecule has 0 saturated heterocycles. The molecule has 0 fully saturated rings. The van der Waals surface area contributed by atoms with Crippen molar-refractivity contribution < 1.29 is 29.3 Å². The van der Waals surface area contributed by atoms with E-state index in [-0.39, 0.29) is 18.8 Å². The van der Waals surface area contributed by atoms with Gasteiger partial charge in [0, 0.05) is 6.42 Å². The Morgan fingerprint density at radius 2 is 1.55 bits per heavy atom. The number of rotatable bonds is 12. The van der Waals surface area contributed by atoms with E-state index in [0.717, 1.165) is 25.7 Å². The van der Waals surface area contributed by atoms with Crippen LogP contribution in [0.3, 0.4) is 0 Å². The molecule has 0 aromatic heterocycles. The Balaban J connectivity index is 4.14. The summed E-state index contributed by atoms with van der Waals surface area (Å²) in [5.74, 6) is -2.47. The topological polar surface area (TPSA) is 101 Å². The number of carboxylic acid groups (broad SMARTS) is 2. The van der Waals surface area contributed by atoms with Crippen molar-refractivity contribution in [2.75, 3.05) is 7.11 Å². The zero-order valence-corrected chi connectivity index (χ0v) is 13.8. The van der Waals surface area contributed by atoms with E-state index in [0.29, 0.717) is 12.8 Å². The highest BCUT2D eigenvalue weighted by molar-refractivity contribution is 5.76. The third kappa shape index (κ3) is 8.64. The van der Waals surface area contributed by atoms with Gasteiger partial charge in [-0.3, -0.25) is 14.4 Å². The summed E-state index contributed by atoms with van der Waals surface area (Å²) in [6, 6.07) is 0. The minimum Gasteiger partial charge on any atom is -0.481 e. The van der Waals surface area contributed by atoms with Crippen molar-refractivity contribution in [3.05, 3.63) is 0 Å². The number of hydrogen-bond donors (Lipinski definition) is 2. The molecule has 0 rings (SSSR count). The molecule has 6 nitrogen and oxygen atoms in total. The molecular formula is C16H28O6. The number of aliphatic carboxylic acids is 2. The van der Waals surface area contributed by atoms with Crippen LogP contribution in [0.5, 0.6) is 0 Å². The molecule has 0 saturated carbocycles. The zero-order valence-electron chi connectivity index (χ0n) is 13.8. The molecule has 22 heavy (non-hydrogen) atoms. The average Bonchev–Trinajstić information content (AvgIpc) is 2.43. The number of hydrogen-bond acceptors (Lipinski definition) is 4. The molecule has 1 unspecified atom stereocenters. The van der Waals surface area contributed by atoms with Crippen molar-refractivity contribution in [2.45, 2.75) is 65.2 Å². The van der Waals surface area contributed by atoms with Gasteiger partial charge in [-0.15, -0.1) is 0 Å². The predicted molar refractivity (Wildman–Crippen MR) is 81.5 cm³/mol. The number of methoxy groups -OCH3 is 1. The monoisotopic (exact) mass is 316 g/mol. The van der Waals surface area contributed by atoms with Gasteiger partial charge in [-0.2, -0.15) is 0 Å². The van der Waals surface area contributed by atoms with Crippen LogP contribution in [0.1, 0.15) is 65.2 Å². The van der Waals surface area contributed by atoms with E-state index >= 15 is 0 Å². The number of carbonyl (C=O) groups excluding carboxylic acids is 1. The van der Waals surface area contributed by atoms with Crippen LogP contribution in [0.15, 0.2) is 0 Å². The molecule has 1 atom stereocenters. The van der Waals surface area contributed by atoms with Crippen molar-refractivity contribution in [3.63, 3.8) is 0 Å². The maximum absolute atomic E-state index is 11.8. The van der Waals surface area contributed by atoms with Crippen LogP contribution in [0, 0.1) is 11.3 Å². The van der Waals surface area contributed by atoms with Crippen molar-refractivity contribution in [3.8, 4) is 0 Å². The van der Waals surface area contributed by atoms with Crippen molar-refractivity contribution in [1.82, 2.24) is 0 Å². The first-order valence-electron chi connectivity index (χ1n) is 7.73. The van der Waals surface area contributed by atoms with Crippen molar-refractivity contribution in [1.29, 1.82) is 0 Å². The van der Waals surface area contributed by atoms with Crippen LogP contribution in [0.4, 0.5) is 0 Å². The van der Waals surface area contributed by atoms with Gasteiger partial charge in [0.05, 0.1) is 18.4 Å². The second kappa shape index (κ2) is 10.2. The van der Waals surface area contributed by atoms with Crippen LogP contribution in [-0.4, -0.2) is 35.2 Å². The fourth-order valence-electron chi connectivity index (χ4n) is 2.37. The number of esters is 1. The van der Waals surface area contributed by atoms with Gasteiger partial charge in [-0.05, 0) is 33.1 Å². The quantitative estimate of drug-likeness (QED) is 0.424. The van der Waals surface area contributed by atoms with Gasteiger partial charge >= 0.3 is 17.9 Å². The molecule has 0 aromatic carbocycles. The molecule has 0 amide bonds. The Hall–Kier alpha value is -1.59. The summed E-state index contributed by atoms with van der Waals surface area (Å²) in [6.07, 6.45) is 5.21. The third-order valence-electron chi connectivity index (χ3n) is 3.81. The predicted octanol–water partition coefficient (Wildman–Crippen LogP) is 3.09.